The number of hydrogen-bond donors (Lipinski definition) is 1. The Labute approximate surface area is 123 Å². The third-order valence-corrected chi connectivity index (χ3v) is 4.42. The van der Waals surface area contributed by atoms with Crippen molar-refractivity contribution in [3.8, 4) is 0 Å². The number of fused-ring (bicyclic) bond motifs is 1. The van der Waals surface area contributed by atoms with Crippen LogP contribution in [0.15, 0.2) is 24.4 Å². The molecule has 1 aliphatic rings. The molecule has 0 bridgehead atoms. The lowest BCUT2D eigenvalue weighted by molar-refractivity contribution is 0.00578. The van der Waals surface area contributed by atoms with Gasteiger partial charge in [0, 0.05) is 17.0 Å². The minimum absolute atomic E-state index is 0.328. The normalized spacial score (nSPS) is 20.1. The molecule has 4 nitrogen and oxygen atoms in total. The minimum Gasteiger partial charge on any atom is -0.399 e. The van der Waals surface area contributed by atoms with Crippen LogP contribution in [0.25, 0.3) is 10.8 Å². The molecule has 1 aromatic heterocycles. The van der Waals surface area contributed by atoms with E-state index in [-0.39, 0.29) is 5.82 Å². The maximum atomic E-state index is 13.6. The summed E-state index contributed by atoms with van der Waals surface area (Å²) in [6, 6.07) is 4.43. The van der Waals surface area contributed by atoms with Gasteiger partial charge < -0.3 is 15.0 Å². The first-order valence-corrected chi connectivity index (χ1v) is 6.90. The van der Waals surface area contributed by atoms with E-state index >= 15 is 0 Å². The van der Waals surface area contributed by atoms with Crippen LogP contribution in [0.4, 0.5) is 10.2 Å². The molecule has 1 fully saturated rings. The van der Waals surface area contributed by atoms with Crippen molar-refractivity contribution >= 4 is 29.2 Å². The molecule has 1 saturated heterocycles. The zero-order valence-corrected chi connectivity index (χ0v) is 12.6. The van der Waals surface area contributed by atoms with Crippen molar-refractivity contribution in [1.29, 1.82) is 0 Å². The van der Waals surface area contributed by atoms with Crippen molar-refractivity contribution < 1.29 is 13.7 Å². The Kier molecular flexibility index (Phi) is 3.01. The van der Waals surface area contributed by atoms with E-state index in [4.69, 9.17) is 15.0 Å². The van der Waals surface area contributed by atoms with E-state index in [1.807, 2.05) is 27.7 Å². The molecule has 2 N–H and O–H groups in total. The number of nitrogens with zero attached hydrogens (tertiary/aromatic N) is 1. The zero-order valence-electron chi connectivity index (χ0n) is 12.6. The molecule has 0 unspecified atom stereocenters. The Morgan fingerprint density at radius 1 is 1.10 bits per heavy atom. The van der Waals surface area contributed by atoms with Gasteiger partial charge in [-0.05, 0) is 51.3 Å². The average molecular weight is 288 g/mol. The molecule has 3 rings (SSSR count). The highest BCUT2D eigenvalue weighted by Crippen LogP contribution is 2.37. The summed E-state index contributed by atoms with van der Waals surface area (Å²) in [5.74, 6) is 0.0381. The lowest BCUT2D eigenvalue weighted by atomic mass is 9.77. The number of pyridine rings is 1. The molecular formula is C15H18BFN2O2. The first kappa shape index (κ1) is 14.3. The van der Waals surface area contributed by atoms with Gasteiger partial charge in [-0.1, -0.05) is 0 Å². The second-order valence-electron chi connectivity index (χ2n) is 6.38. The first-order chi connectivity index (χ1) is 9.71. The second kappa shape index (κ2) is 4.42. The third-order valence-electron chi connectivity index (χ3n) is 4.42. The van der Waals surface area contributed by atoms with E-state index < -0.39 is 18.3 Å². The fraction of sp³-hybridized carbons (Fsp3) is 0.400. The smallest absolute Gasteiger partial charge is 0.399 e. The third kappa shape index (κ3) is 2.19. The summed E-state index contributed by atoms with van der Waals surface area (Å²) in [6.45, 7) is 7.89. The molecule has 0 spiro atoms. The SMILES string of the molecule is CC1(C)OB(c2cnc(N)c3ccc(F)cc23)OC1(C)C. The van der Waals surface area contributed by atoms with Gasteiger partial charge in [-0.25, -0.2) is 9.37 Å². The van der Waals surface area contributed by atoms with E-state index in [0.717, 1.165) is 0 Å². The Balaban J connectivity index is 2.14. The summed E-state index contributed by atoms with van der Waals surface area (Å²) in [7, 11) is -0.590. The van der Waals surface area contributed by atoms with E-state index in [2.05, 4.69) is 4.98 Å². The number of aromatic nitrogens is 1. The van der Waals surface area contributed by atoms with Crippen LogP contribution in [-0.2, 0) is 9.31 Å². The molecule has 0 atom stereocenters. The van der Waals surface area contributed by atoms with Gasteiger partial charge in [0.05, 0.1) is 11.2 Å². The minimum atomic E-state index is -0.590. The summed E-state index contributed by atoms with van der Waals surface area (Å²) < 4.78 is 25.6. The van der Waals surface area contributed by atoms with Crippen molar-refractivity contribution in [2.75, 3.05) is 5.73 Å². The maximum absolute atomic E-state index is 13.6. The molecule has 110 valence electrons. The average Bonchev–Trinajstić information content (AvgIpc) is 2.58. The summed E-state index contributed by atoms with van der Waals surface area (Å²) in [6.07, 6.45) is 1.60. The number of halogens is 1. The van der Waals surface area contributed by atoms with Crippen LogP contribution in [0.3, 0.4) is 0 Å². The highest BCUT2D eigenvalue weighted by molar-refractivity contribution is 6.65. The molecule has 2 aromatic rings. The maximum Gasteiger partial charge on any atom is 0.497 e. The largest absolute Gasteiger partial charge is 0.497 e. The van der Waals surface area contributed by atoms with Crippen molar-refractivity contribution in [1.82, 2.24) is 4.98 Å². The van der Waals surface area contributed by atoms with Crippen LogP contribution >= 0.6 is 0 Å². The van der Waals surface area contributed by atoms with E-state index in [1.54, 1.807) is 12.3 Å². The first-order valence-electron chi connectivity index (χ1n) is 6.90. The lowest BCUT2D eigenvalue weighted by Crippen LogP contribution is -2.41. The molecule has 1 aromatic carbocycles. The fourth-order valence-electron chi connectivity index (χ4n) is 2.41. The molecule has 2 heterocycles. The number of benzene rings is 1. The van der Waals surface area contributed by atoms with Crippen LogP contribution in [0.1, 0.15) is 27.7 Å². The Morgan fingerprint density at radius 3 is 2.33 bits per heavy atom. The van der Waals surface area contributed by atoms with Gasteiger partial charge in [0.25, 0.3) is 0 Å². The van der Waals surface area contributed by atoms with Crippen molar-refractivity contribution in [3.05, 3.63) is 30.2 Å². The highest BCUT2D eigenvalue weighted by atomic mass is 19.1. The fourth-order valence-corrected chi connectivity index (χ4v) is 2.41. The quantitative estimate of drug-likeness (QED) is 0.818. The standard InChI is InChI=1S/C15H18BFN2O2/c1-14(2)15(3,4)21-16(20-14)12-8-19-13(18)10-6-5-9(17)7-11(10)12/h5-8H,1-4H3,(H2,18,19). The van der Waals surface area contributed by atoms with Gasteiger partial charge in [-0.2, -0.15) is 0 Å². The summed E-state index contributed by atoms with van der Waals surface area (Å²) in [4.78, 5) is 4.17. The van der Waals surface area contributed by atoms with E-state index in [0.29, 0.717) is 22.1 Å². The summed E-state index contributed by atoms with van der Waals surface area (Å²) >= 11 is 0. The summed E-state index contributed by atoms with van der Waals surface area (Å²) in [5, 5.41) is 1.37. The van der Waals surface area contributed by atoms with Gasteiger partial charge >= 0.3 is 7.12 Å². The van der Waals surface area contributed by atoms with Crippen LogP contribution in [0.5, 0.6) is 0 Å². The predicted octanol–water partition coefficient (Wildman–Crippen LogP) is 2.26. The molecule has 0 radical (unpaired) electrons. The van der Waals surface area contributed by atoms with Crippen molar-refractivity contribution in [3.63, 3.8) is 0 Å². The summed E-state index contributed by atoms with van der Waals surface area (Å²) in [5.41, 5.74) is 5.64. The van der Waals surface area contributed by atoms with Crippen LogP contribution < -0.4 is 11.2 Å². The van der Waals surface area contributed by atoms with Gasteiger partial charge in [-0.15, -0.1) is 0 Å². The predicted molar refractivity (Wildman–Crippen MR) is 81.8 cm³/mol. The van der Waals surface area contributed by atoms with Gasteiger partial charge in [-0.3, -0.25) is 0 Å². The second-order valence-corrected chi connectivity index (χ2v) is 6.38. The number of nitrogen functional groups attached to an aromatic ring is 1. The molecule has 6 heteroatoms. The molecule has 1 aliphatic heterocycles. The molecule has 0 aliphatic carbocycles. The Morgan fingerprint density at radius 2 is 1.71 bits per heavy atom. The van der Waals surface area contributed by atoms with Crippen LogP contribution in [0.2, 0.25) is 0 Å². The lowest BCUT2D eigenvalue weighted by Gasteiger charge is -2.32. The van der Waals surface area contributed by atoms with Crippen LogP contribution in [-0.4, -0.2) is 23.3 Å². The highest BCUT2D eigenvalue weighted by Gasteiger charge is 2.52. The molecule has 21 heavy (non-hydrogen) atoms. The molecule has 0 amide bonds. The Hall–Kier alpha value is -1.66. The van der Waals surface area contributed by atoms with Crippen molar-refractivity contribution in [2.24, 2.45) is 0 Å². The number of hydrogen-bond acceptors (Lipinski definition) is 4. The molecule has 0 saturated carbocycles. The van der Waals surface area contributed by atoms with E-state index in [9.17, 15) is 4.39 Å². The number of nitrogens with two attached hydrogens (primary N) is 1. The topological polar surface area (TPSA) is 57.4 Å². The van der Waals surface area contributed by atoms with E-state index in [1.165, 1.54) is 12.1 Å². The van der Waals surface area contributed by atoms with Crippen molar-refractivity contribution in [2.45, 2.75) is 38.9 Å². The monoisotopic (exact) mass is 288 g/mol. The number of rotatable bonds is 1. The van der Waals surface area contributed by atoms with Gasteiger partial charge in [0.15, 0.2) is 0 Å². The molecular weight excluding hydrogens is 270 g/mol. The Bertz CT molecular complexity index is 702. The zero-order chi connectivity index (χ0) is 15.4. The van der Waals surface area contributed by atoms with Crippen LogP contribution in [0, 0.1) is 5.82 Å². The van der Waals surface area contributed by atoms with Gasteiger partial charge in [0.2, 0.25) is 0 Å². The van der Waals surface area contributed by atoms with Gasteiger partial charge in [0.1, 0.15) is 11.6 Å². The number of anilines is 1.